The van der Waals surface area contributed by atoms with Crippen LogP contribution in [0, 0.1) is 0 Å². The molecule has 23 heavy (non-hydrogen) atoms. The Hall–Kier alpha value is -1.98. The molecule has 0 saturated heterocycles. The van der Waals surface area contributed by atoms with Crippen LogP contribution >= 0.6 is 23.4 Å². The highest BCUT2D eigenvalue weighted by Crippen LogP contribution is 2.28. The summed E-state index contributed by atoms with van der Waals surface area (Å²) in [5, 5.41) is 4.60. The minimum Gasteiger partial charge on any atom is -0.307 e. The minimum atomic E-state index is -0.237. The average molecular weight is 346 g/mol. The fourth-order valence-corrected chi connectivity index (χ4v) is 3.27. The van der Waals surface area contributed by atoms with Gasteiger partial charge in [-0.3, -0.25) is 4.99 Å². The molecule has 1 aliphatic rings. The topological polar surface area (TPSA) is 44.7 Å². The largest absolute Gasteiger partial charge is 0.332 e. The Kier molecular flexibility index (Phi) is 4.88. The zero-order chi connectivity index (χ0) is 16.2. The maximum atomic E-state index is 12.8. The van der Waals surface area contributed by atoms with Gasteiger partial charge >= 0.3 is 6.03 Å². The van der Waals surface area contributed by atoms with E-state index >= 15 is 0 Å². The van der Waals surface area contributed by atoms with Gasteiger partial charge in [-0.2, -0.15) is 0 Å². The van der Waals surface area contributed by atoms with Crippen LogP contribution in [0.1, 0.15) is 6.92 Å². The molecule has 0 fully saturated rings. The molecule has 0 bridgehead atoms. The highest BCUT2D eigenvalue weighted by molar-refractivity contribution is 8.15. The fraction of sp³-hybridized carbons (Fsp3) is 0.176. The van der Waals surface area contributed by atoms with Crippen LogP contribution in [0.3, 0.4) is 0 Å². The summed E-state index contributed by atoms with van der Waals surface area (Å²) in [7, 11) is 0. The molecule has 1 N–H and O–H groups in total. The molecule has 6 heteroatoms. The number of urea groups is 1. The molecule has 0 radical (unpaired) electrons. The molecule has 2 amide bonds. The number of hydrogen-bond acceptors (Lipinski definition) is 3. The molecule has 1 atom stereocenters. The van der Waals surface area contributed by atoms with Crippen LogP contribution in [-0.2, 0) is 0 Å². The number of rotatable bonds is 2. The molecule has 0 aliphatic carbocycles. The second-order valence-corrected chi connectivity index (χ2v) is 7.00. The smallest absolute Gasteiger partial charge is 0.307 e. The molecule has 2 aromatic carbocycles. The second kappa shape index (κ2) is 7.06. The van der Waals surface area contributed by atoms with E-state index < -0.39 is 0 Å². The molecule has 118 valence electrons. The Morgan fingerprint density at radius 1 is 1.22 bits per heavy atom. The van der Waals surface area contributed by atoms with Crippen LogP contribution in [0.2, 0.25) is 5.02 Å². The Morgan fingerprint density at radius 3 is 2.52 bits per heavy atom. The summed E-state index contributed by atoms with van der Waals surface area (Å²) in [5.74, 6) is 0. The predicted octanol–water partition coefficient (Wildman–Crippen LogP) is 4.87. The quantitative estimate of drug-likeness (QED) is 0.843. The van der Waals surface area contributed by atoms with Gasteiger partial charge in [0.15, 0.2) is 5.17 Å². The van der Waals surface area contributed by atoms with E-state index in [1.807, 2.05) is 42.5 Å². The SMILES string of the molecule is C[C@@H]1CN=C(N(C(=O)Nc2ccccc2)c2ccc(Cl)cc2)S1. The summed E-state index contributed by atoms with van der Waals surface area (Å²) < 4.78 is 0. The van der Waals surface area contributed by atoms with Crippen molar-refractivity contribution in [2.24, 2.45) is 4.99 Å². The van der Waals surface area contributed by atoms with Gasteiger partial charge in [-0.05, 0) is 36.4 Å². The van der Waals surface area contributed by atoms with E-state index in [1.165, 1.54) is 0 Å². The Bertz CT molecular complexity index is 718. The number of nitrogens with one attached hydrogen (secondary N) is 1. The van der Waals surface area contributed by atoms with Crippen LogP contribution in [0.5, 0.6) is 0 Å². The lowest BCUT2D eigenvalue weighted by Crippen LogP contribution is -2.38. The van der Waals surface area contributed by atoms with Crippen LogP contribution in [0.25, 0.3) is 0 Å². The summed E-state index contributed by atoms with van der Waals surface area (Å²) >= 11 is 7.55. The summed E-state index contributed by atoms with van der Waals surface area (Å²) in [6.07, 6.45) is 0. The number of halogens is 1. The molecule has 1 aliphatic heterocycles. The zero-order valence-electron chi connectivity index (χ0n) is 12.6. The van der Waals surface area contributed by atoms with E-state index in [9.17, 15) is 4.79 Å². The molecule has 0 unspecified atom stereocenters. The number of aliphatic imine (C=N–C) groups is 1. The van der Waals surface area contributed by atoms with Crippen LogP contribution in [-0.4, -0.2) is 23.0 Å². The molecule has 0 saturated carbocycles. The highest BCUT2D eigenvalue weighted by Gasteiger charge is 2.27. The zero-order valence-corrected chi connectivity index (χ0v) is 14.1. The molecule has 0 aromatic heterocycles. The van der Waals surface area contributed by atoms with Crippen molar-refractivity contribution in [3.05, 3.63) is 59.6 Å². The van der Waals surface area contributed by atoms with Crippen LogP contribution in [0.15, 0.2) is 59.6 Å². The first-order valence-corrected chi connectivity index (χ1v) is 8.52. The third-order valence-electron chi connectivity index (χ3n) is 3.29. The number of amides is 2. The van der Waals surface area contributed by atoms with Crippen LogP contribution < -0.4 is 10.2 Å². The Labute approximate surface area is 144 Å². The number of anilines is 2. The predicted molar refractivity (Wildman–Crippen MR) is 98.7 cm³/mol. The Balaban J connectivity index is 1.88. The van der Waals surface area contributed by atoms with E-state index in [-0.39, 0.29) is 6.03 Å². The molecular formula is C17H16ClN3OS. The normalized spacial score (nSPS) is 16.8. The van der Waals surface area contributed by atoms with Crippen LogP contribution in [0.4, 0.5) is 16.2 Å². The number of benzene rings is 2. The van der Waals surface area contributed by atoms with Gasteiger partial charge in [-0.1, -0.05) is 48.5 Å². The van der Waals surface area contributed by atoms with Gasteiger partial charge in [-0.15, -0.1) is 0 Å². The van der Waals surface area contributed by atoms with Gasteiger partial charge < -0.3 is 5.32 Å². The van der Waals surface area contributed by atoms with E-state index in [0.717, 1.165) is 11.4 Å². The summed E-state index contributed by atoms with van der Waals surface area (Å²) in [5.41, 5.74) is 1.48. The van der Waals surface area contributed by atoms with E-state index in [4.69, 9.17) is 11.6 Å². The standard InChI is InChI=1S/C17H16ClN3OS/c1-12-11-19-17(23-12)21(15-9-7-13(18)8-10-15)16(22)20-14-5-3-2-4-6-14/h2-10,12H,11H2,1H3,(H,20,22)/t12-/m1/s1. The van der Waals surface area contributed by atoms with E-state index in [2.05, 4.69) is 17.2 Å². The number of amidine groups is 1. The van der Waals surface area contributed by atoms with E-state index in [0.29, 0.717) is 22.0 Å². The molecular weight excluding hydrogens is 330 g/mol. The molecule has 2 aromatic rings. The first-order valence-electron chi connectivity index (χ1n) is 7.26. The van der Waals surface area contributed by atoms with Crippen molar-refractivity contribution >= 4 is 45.9 Å². The lowest BCUT2D eigenvalue weighted by molar-refractivity contribution is 0.259. The van der Waals surface area contributed by atoms with Gasteiger partial charge in [0, 0.05) is 16.0 Å². The number of nitrogens with zero attached hydrogens (tertiary/aromatic N) is 2. The summed E-state index contributed by atoms with van der Waals surface area (Å²) in [6.45, 7) is 2.80. The number of thioether (sulfide) groups is 1. The van der Waals surface area contributed by atoms with Crippen molar-refractivity contribution in [3.63, 3.8) is 0 Å². The second-order valence-electron chi connectivity index (χ2n) is 5.16. The first kappa shape index (κ1) is 15.9. The van der Waals surface area contributed by atoms with Gasteiger partial charge in [0.05, 0.1) is 12.2 Å². The molecule has 0 spiro atoms. The summed E-state index contributed by atoms with van der Waals surface area (Å²) in [6, 6.07) is 16.3. The number of hydrogen-bond donors (Lipinski definition) is 1. The molecule has 1 heterocycles. The molecule has 4 nitrogen and oxygen atoms in total. The Morgan fingerprint density at radius 2 is 1.91 bits per heavy atom. The maximum Gasteiger partial charge on any atom is 0.332 e. The fourth-order valence-electron chi connectivity index (χ4n) is 2.19. The van der Waals surface area contributed by atoms with Gasteiger partial charge in [0.25, 0.3) is 0 Å². The number of para-hydroxylation sites is 1. The van der Waals surface area contributed by atoms with Crippen molar-refractivity contribution in [3.8, 4) is 0 Å². The lowest BCUT2D eigenvalue weighted by atomic mass is 10.3. The summed E-state index contributed by atoms with van der Waals surface area (Å²) in [4.78, 5) is 18.9. The minimum absolute atomic E-state index is 0.237. The van der Waals surface area contributed by atoms with Gasteiger partial charge in [-0.25, -0.2) is 9.69 Å². The van der Waals surface area contributed by atoms with Crippen molar-refractivity contribution < 1.29 is 4.79 Å². The van der Waals surface area contributed by atoms with Crippen molar-refractivity contribution in [2.75, 3.05) is 16.8 Å². The van der Waals surface area contributed by atoms with E-state index in [1.54, 1.807) is 28.8 Å². The first-order chi connectivity index (χ1) is 11.1. The maximum absolute atomic E-state index is 12.8. The monoisotopic (exact) mass is 345 g/mol. The average Bonchev–Trinajstić information content (AvgIpc) is 2.96. The number of carbonyl (C=O) groups excluding carboxylic acids is 1. The lowest BCUT2D eigenvalue weighted by Gasteiger charge is -2.23. The van der Waals surface area contributed by atoms with Gasteiger partial charge in [0.1, 0.15) is 0 Å². The third kappa shape index (κ3) is 3.86. The highest BCUT2D eigenvalue weighted by atomic mass is 35.5. The van der Waals surface area contributed by atoms with Crippen molar-refractivity contribution in [2.45, 2.75) is 12.2 Å². The van der Waals surface area contributed by atoms with Gasteiger partial charge in [0.2, 0.25) is 0 Å². The number of carbonyl (C=O) groups is 1. The third-order valence-corrected chi connectivity index (χ3v) is 4.62. The van der Waals surface area contributed by atoms with Crippen molar-refractivity contribution in [1.82, 2.24) is 0 Å². The molecule has 3 rings (SSSR count). The van der Waals surface area contributed by atoms with Crippen molar-refractivity contribution in [1.29, 1.82) is 0 Å².